The van der Waals surface area contributed by atoms with Gasteiger partial charge in [0.05, 0.1) is 24.3 Å². The van der Waals surface area contributed by atoms with Gasteiger partial charge in [0.1, 0.15) is 0 Å². The van der Waals surface area contributed by atoms with E-state index in [1.54, 1.807) is 24.3 Å². The molecule has 0 unspecified atom stereocenters. The maximum atomic E-state index is 12.2. The van der Waals surface area contributed by atoms with Crippen molar-refractivity contribution in [1.82, 2.24) is 0 Å². The zero-order chi connectivity index (χ0) is 24.1. The molecule has 2 aromatic carbocycles. The zero-order valence-corrected chi connectivity index (χ0v) is 20.1. The van der Waals surface area contributed by atoms with E-state index < -0.39 is 11.9 Å². The number of esters is 2. The van der Waals surface area contributed by atoms with Crippen LogP contribution in [-0.2, 0) is 20.3 Å². The third kappa shape index (κ3) is 6.74. The summed E-state index contributed by atoms with van der Waals surface area (Å²) in [6.45, 7) is 12.9. The van der Waals surface area contributed by atoms with Crippen molar-refractivity contribution in [2.24, 2.45) is 0 Å². The minimum atomic E-state index is -0.413. The average Bonchev–Trinajstić information content (AvgIpc) is 2.68. The Kier molecular flexibility index (Phi) is 7.94. The first-order valence-corrected chi connectivity index (χ1v) is 10.9. The first-order valence-electron chi connectivity index (χ1n) is 10.9. The lowest BCUT2D eigenvalue weighted by molar-refractivity contribution is 0.0432. The van der Waals surface area contributed by atoms with Crippen molar-refractivity contribution in [3.63, 3.8) is 0 Å². The number of carbonyl (C=O) groups is 2. The number of hydrogen-bond donors (Lipinski definition) is 2. The molecule has 0 aliphatic carbocycles. The van der Waals surface area contributed by atoms with Crippen molar-refractivity contribution in [1.29, 1.82) is 0 Å². The standard InChI is InChI=1S/C26H36N2O4/c1-25(2,3)19-11-9-17(15-21(19)27)23(29)31-13-7-8-14-32-24(30)18-10-12-20(22(28)16-18)26(4,5)6/h9-12,15-16H,7-8,13-14,27-28H2,1-6H3. The van der Waals surface area contributed by atoms with Crippen LogP contribution in [0.1, 0.15) is 86.2 Å². The summed E-state index contributed by atoms with van der Waals surface area (Å²) in [5.41, 5.74) is 16.0. The first kappa shape index (κ1) is 25.2. The molecule has 0 saturated heterocycles. The number of ether oxygens (including phenoxy) is 2. The molecule has 0 saturated carbocycles. The van der Waals surface area contributed by atoms with E-state index in [0.29, 0.717) is 35.3 Å². The van der Waals surface area contributed by atoms with Gasteiger partial charge in [0, 0.05) is 11.4 Å². The molecular formula is C26H36N2O4. The van der Waals surface area contributed by atoms with E-state index in [2.05, 4.69) is 41.5 Å². The van der Waals surface area contributed by atoms with Crippen LogP contribution in [0.2, 0.25) is 0 Å². The van der Waals surface area contributed by atoms with Crippen LogP contribution >= 0.6 is 0 Å². The number of unbranched alkanes of at least 4 members (excludes halogenated alkanes) is 1. The Balaban J connectivity index is 1.75. The third-order valence-electron chi connectivity index (χ3n) is 5.20. The number of anilines is 2. The van der Waals surface area contributed by atoms with Crippen molar-refractivity contribution in [2.75, 3.05) is 24.7 Å². The van der Waals surface area contributed by atoms with Gasteiger partial charge in [-0.2, -0.15) is 0 Å². The van der Waals surface area contributed by atoms with Crippen molar-refractivity contribution < 1.29 is 19.1 Å². The number of nitrogen functional groups attached to an aromatic ring is 2. The zero-order valence-electron chi connectivity index (χ0n) is 20.1. The predicted octanol–water partition coefficient (Wildman–Crippen LogP) is 5.24. The van der Waals surface area contributed by atoms with Gasteiger partial charge in [0.2, 0.25) is 0 Å². The topological polar surface area (TPSA) is 105 Å². The summed E-state index contributed by atoms with van der Waals surface area (Å²) in [5, 5.41) is 0. The van der Waals surface area contributed by atoms with Crippen molar-refractivity contribution >= 4 is 23.3 Å². The van der Waals surface area contributed by atoms with Gasteiger partial charge in [0.25, 0.3) is 0 Å². The van der Waals surface area contributed by atoms with Crippen molar-refractivity contribution in [3.8, 4) is 0 Å². The summed E-state index contributed by atoms with van der Waals surface area (Å²) in [5.74, 6) is -0.827. The van der Waals surface area contributed by atoms with Crippen molar-refractivity contribution in [3.05, 3.63) is 58.7 Å². The minimum absolute atomic E-state index is 0.0930. The van der Waals surface area contributed by atoms with Gasteiger partial charge in [-0.05, 0) is 59.1 Å². The smallest absolute Gasteiger partial charge is 0.338 e. The molecule has 2 rings (SSSR count). The second-order valence-electron chi connectivity index (χ2n) is 10.1. The molecule has 174 valence electrons. The summed E-state index contributed by atoms with van der Waals surface area (Å²) in [7, 11) is 0. The summed E-state index contributed by atoms with van der Waals surface area (Å²) >= 11 is 0. The molecule has 0 atom stereocenters. The quantitative estimate of drug-likeness (QED) is 0.346. The maximum absolute atomic E-state index is 12.2. The monoisotopic (exact) mass is 440 g/mol. The molecule has 4 N–H and O–H groups in total. The molecule has 0 aliphatic heterocycles. The molecule has 32 heavy (non-hydrogen) atoms. The number of hydrogen-bond acceptors (Lipinski definition) is 6. The summed E-state index contributed by atoms with van der Waals surface area (Å²) in [6, 6.07) is 10.5. The molecule has 0 heterocycles. The number of nitrogens with two attached hydrogens (primary N) is 2. The van der Waals surface area contributed by atoms with Gasteiger partial charge >= 0.3 is 11.9 Å². The molecule has 0 amide bonds. The van der Waals surface area contributed by atoms with Gasteiger partial charge in [-0.15, -0.1) is 0 Å². The van der Waals surface area contributed by atoms with Crippen LogP contribution in [0.5, 0.6) is 0 Å². The lowest BCUT2D eigenvalue weighted by atomic mass is 9.85. The highest BCUT2D eigenvalue weighted by atomic mass is 16.5. The molecule has 0 aromatic heterocycles. The lowest BCUT2D eigenvalue weighted by Gasteiger charge is -2.21. The van der Waals surface area contributed by atoms with E-state index in [-0.39, 0.29) is 24.0 Å². The molecule has 0 aliphatic rings. The fourth-order valence-corrected chi connectivity index (χ4v) is 3.45. The maximum Gasteiger partial charge on any atom is 0.338 e. The highest BCUT2D eigenvalue weighted by molar-refractivity contribution is 5.91. The van der Waals surface area contributed by atoms with E-state index in [4.69, 9.17) is 20.9 Å². The van der Waals surface area contributed by atoms with E-state index in [1.165, 1.54) is 0 Å². The van der Waals surface area contributed by atoms with Gasteiger partial charge in [-0.25, -0.2) is 9.59 Å². The SMILES string of the molecule is CC(C)(C)c1ccc(C(=O)OCCCCOC(=O)c2ccc(C(C)(C)C)c(N)c2)cc1N. The normalized spacial score (nSPS) is 11.8. The van der Waals surface area contributed by atoms with Crippen molar-refractivity contribution in [2.45, 2.75) is 65.2 Å². The molecule has 0 spiro atoms. The van der Waals surface area contributed by atoms with E-state index in [0.717, 1.165) is 11.1 Å². The van der Waals surface area contributed by atoms with Crippen LogP contribution in [0.3, 0.4) is 0 Å². The Labute approximate surface area is 191 Å². The number of benzene rings is 2. The summed E-state index contributed by atoms with van der Waals surface area (Å²) in [4.78, 5) is 24.5. The summed E-state index contributed by atoms with van der Waals surface area (Å²) < 4.78 is 10.6. The largest absolute Gasteiger partial charge is 0.462 e. The molecule has 6 nitrogen and oxygen atoms in total. The van der Waals surface area contributed by atoms with E-state index in [9.17, 15) is 9.59 Å². The van der Waals surface area contributed by atoms with Crippen LogP contribution in [0, 0.1) is 0 Å². The second-order valence-corrected chi connectivity index (χ2v) is 10.1. The molecule has 2 aromatic rings. The van der Waals surface area contributed by atoms with Crippen LogP contribution < -0.4 is 11.5 Å². The molecular weight excluding hydrogens is 404 g/mol. The number of rotatable bonds is 7. The first-order chi connectivity index (χ1) is 14.8. The Morgan fingerprint density at radius 1 is 0.688 bits per heavy atom. The average molecular weight is 441 g/mol. The molecule has 0 radical (unpaired) electrons. The predicted molar refractivity (Wildman–Crippen MR) is 129 cm³/mol. The fourth-order valence-electron chi connectivity index (χ4n) is 3.45. The van der Waals surface area contributed by atoms with Gasteiger partial charge < -0.3 is 20.9 Å². The lowest BCUT2D eigenvalue weighted by Crippen LogP contribution is -2.15. The van der Waals surface area contributed by atoms with Gasteiger partial charge in [-0.1, -0.05) is 53.7 Å². The Morgan fingerprint density at radius 2 is 1.03 bits per heavy atom. The minimum Gasteiger partial charge on any atom is -0.462 e. The number of carbonyl (C=O) groups excluding carboxylic acids is 2. The Bertz CT molecular complexity index is 889. The summed E-state index contributed by atoms with van der Waals surface area (Å²) in [6.07, 6.45) is 1.17. The second kappa shape index (κ2) is 10.1. The fraction of sp³-hybridized carbons (Fsp3) is 0.462. The van der Waals surface area contributed by atoms with E-state index >= 15 is 0 Å². The Hall–Kier alpha value is -3.02. The highest BCUT2D eigenvalue weighted by Crippen LogP contribution is 2.29. The van der Waals surface area contributed by atoms with Crippen LogP contribution in [-0.4, -0.2) is 25.2 Å². The van der Waals surface area contributed by atoms with Crippen LogP contribution in [0.15, 0.2) is 36.4 Å². The van der Waals surface area contributed by atoms with Gasteiger partial charge in [0.15, 0.2) is 0 Å². The Morgan fingerprint density at radius 3 is 1.31 bits per heavy atom. The molecule has 0 fully saturated rings. The van der Waals surface area contributed by atoms with E-state index in [1.807, 2.05) is 12.1 Å². The highest BCUT2D eigenvalue weighted by Gasteiger charge is 2.19. The van der Waals surface area contributed by atoms with Gasteiger partial charge in [-0.3, -0.25) is 0 Å². The molecule has 0 bridgehead atoms. The van der Waals surface area contributed by atoms with Crippen LogP contribution in [0.4, 0.5) is 11.4 Å². The molecule has 6 heteroatoms. The third-order valence-corrected chi connectivity index (χ3v) is 5.20. The van der Waals surface area contributed by atoms with Crippen LogP contribution in [0.25, 0.3) is 0 Å².